The molecule has 1 heterocycles. The molecular formula is C18H30N2. The van der Waals surface area contributed by atoms with Crippen LogP contribution in [0, 0.1) is 5.92 Å². The second kappa shape index (κ2) is 7.24. The first-order valence-electron chi connectivity index (χ1n) is 8.09. The van der Waals surface area contributed by atoms with Crippen molar-refractivity contribution in [1.29, 1.82) is 0 Å². The van der Waals surface area contributed by atoms with Crippen LogP contribution in [0.1, 0.15) is 51.2 Å². The van der Waals surface area contributed by atoms with Gasteiger partial charge in [-0.05, 0) is 29.4 Å². The van der Waals surface area contributed by atoms with Crippen LogP contribution < -0.4 is 5.32 Å². The Balaban J connectivity index is 1.89. The monoisotopic (exact) mass is 274 g/mol. The lowest BCUT2D eigenvalue weighted by Gasteiger charge is -2.34. The van der Waals surface area contributed by atoms with E-state index in [0.29, 0.717) is 12.0 Å². The molecule has 20 heavy (non-hydrogen) atoms. The molecule has 0 saturated carbocycles. The van der Waals surface area contributed by atoms with Crippen LogP contribution in [-0.4, -0.2) is 30.6 Å². The highest BCUT2D eigenvalue weighted by molar-refractivity contribution is 5.24. The minimum atomic E-state index is 0.624. The second-order valence-corrected chi connectivity index (χ2v) is 6.91. The van der Waals surface area contributed by atoms with E-state index in [1.54, 1.807) is 0 Å². The number of nitrogens with zero attached hydrogens (tertiary/aromatic N) is 1. The molecule has 0 bridgehead atoms. The predicted molar refractivity (Wildman–Crippen MR) is 87.1 cm³/mol. The third-order valence-electron chi connectivity index (χ3n) is 4.15. The third-order valence-corrected chi connectivity index (χ3v) is 4.15. The summed E-state index contributed by atoms with van der Waals surface area (Å²) in [5.74, 6) is 1.40. The Labute approximate surface area is 124 Å². The number of hydrogen-bond donors (Lipinski definition) is 1. The van der Waals surface area contributed by atoms with E-state index in [1.807, 2.05) is 0 Å². The lowest BCUT2D eigenvalue weighted by molar-refractivity contribution is 0.179. The lowest BCUT2D eigenvalue weighted by atomic mass is 10.0. The molecule has 0 aromatic heterocycles. The summed E-state index contributed by atoms with van der Waals surface area (Å²) in [5.41, 5.74) is 2.88. The van der Waals surface area contributed by atoms with Crippen LogP contribution in [0.3, 0.4) is 0 Å². The van der Waals surface area contributed by atoms with Crippen LogP contribution in [0.2, 0.25) is 0 Å². The fraction of sp³-hybridized carbons (Fsp3) is 0.667. The maximum Gasteiger partial charge on any atom is 0.0234 e. The Bertz CT molecular complexity index is 394. The van der Waals surface area contributed by atoms with Gasteiger partial charge in [-0.25, -0.2) is 0 Å². The van der Waals surface area contributed by atoms with Gasteiger partial charge >= 0.3 is 0 Å². The van der Waals surface area contributed by atoms with E-state index in [1.165, 1.54) is 30.6 Å². The van der Waals surface area contributed by atoms with E-state index in [0.717, 1.165) is 19.0 Å². The molecule has 1 aromatic carbocycles. The largest absolute Gasteiger partial charge is 0.311 e. The molecule has 1 aliphatic rings. The van der Waals surface area contributed by atoms with Gasteiger partial charge in [0.25, 0.3) is 0 Å². The van der Waals surface area contributed by atoms with Crippen molar-refractivity contribution in [3.63, 3.8) is 0 Å². The Morgan fingerprint density at radius 2 is 1.85 bits per heavy atom. The van der Waals surface area contributed by atoms with Gasteiger partial charge in [0.05, 0.1) is 0 Å². The van der Waals surface area contributed by atoms with Crippen molar-refractivity contribution in [1.82, 2.24) is 10.2 Å². The van der Waals surface area contributed by atoms with Crippen LogP contribution in [0.4, 0.5) is 0 Å². The predicted octanol–water partition coefficient (Wildman–Crippen LogP) is 3.63. The average molecular weight is 274 g/mol. The molecule has 0 spiro atoms. The first-order chi connectivity index (χ1) is 9.54. The molecule has 0 amide bonds. The highest BCUT2D eigenvalue weighted by atomic mass is 15.2. The second-order valence-electron chi connectivity index (χ2n) is 6.91. The SMILES string of the molecule is CC(C)CC1CN(Cc2ccc(C(C)C)cc2)CCN1. The van der Waals surface area contributed by atoms with Gasteiger partial charge in [0.2, 0.25) is 0 Å². The fourth-order valence-corrected chi connectivity index (χ4v) is 3.03. The molecule has 1 unspecified atom stereocenters. The molecule has 1 atom stereocenters. The van der Waals surface area contributed by atoms with Gasteiger partial charge in [0.15, 0.2) is 0 Å². The van der Waals surface area contributed by atoms with Crippen molar-refractivity contribution in [2.24, 2.45) is 5.92 Å². The van der Waals surface area contributed by atoms with Crippen molar-refractivity contribution in [2.45, 2.75) is 52.6 Å². The van der Waals surface area contributed by atoms with E-state index < -0.39 is 0 Å². The van der Waals surface area contributed by atoms with E-state index in [-0.39, 0.29) is 0 Å². The van der Waals surface area contributed by atoms with Crippen molar-refractivity contribution in [3.05, 3.63) is 35.4 Å². The minimum Gasteiger partial charge on any atom is -0.311 e. The fourth-order valence-electron chi connectivity index (χ4n) is 3.03. The number of nitrogens with one attached hydrogen (secondary N) is 1. The lowest BCUT2D eigenvalue weighted by Crippen LogP contribution is -2.50. The highest BCUT2D eigenvalue weighted by Gasteiger charge is 2.19. The van der Waals surface area contributed by atoms with E-state index >= 15 is 0 Å². The molecule has 1 N–H and O–H groups in total. The summed E-state index contributed by atoms with van der Waals surface area (Å²) in [5, 5.41) is 3.65. The zero-order valence-electron chi connectivity index (χ0n) is 13.5. The summed E-state index contributed by atoms with van der Waals surface area (Å²) in [7, 11) is 0. The van der Waals surface area contributed by atoms with Crippen LogP contribution in [-0.2, 0) is 6.54 Å². The van der Waals surface area contributed by atoms with Gasteiger partial charge in [-0.15, -0.1) is 0 Å². The van der Waals surface area contributed by atoms with Crippen LogP contribution in [0.25, 0.3) is 0 Å². The van der Waals surface area contributed by atoms with Crippen molar-refractivity contribution >= 4 is 0 Å². The Morgan fingerprint density at radius 3 is 2.45 bits per heavy atom. The summed E-state index contributed by atoms with van der Waals surface area (Å²) in [6.45, 7) is 13.7. The number of rotatable bonds is 5. The molecule has 0 aliphatic carbocycles. The molecule has 0 radical (unpaired) electrons. The van der Waals surface area contributed by atoms with Gasteiger partial charge in [-0.3, -0.25) is 4.90 Å². The molecule has 1 saturated heterocycles. The van der Waals surface area contributed by atoms with Crippen molar-refractivity contribution in [2.75, 3.05) is 19.6 Å². The van der Waals surface area contributed by atoms with Gasteiger partial charge in [-0.2, -0.15) is 0 Å². The topological polar surface area (TPSA) is 15.3 Å². The van der Waals surface area contributed by atoms with Gasteiger partial charge in [-0.1, -0.05) is 52.0 Å². The third kappa shape index (κ3) is 4.60. The van der Waals surface area contributed by atoms with E-state index in [4.69, 9.17) is 0 Å². The van der Waals surface area contributed by atoms with E-state index in [2.05, 4.69) is 62.2 Å². The molecule has 1 fully saturated rings. The van der Waals surface area contributed by atoms with Crippen LogP contribution in [0.5, 0.6) is 0 Å². The van der Waals surface area contributed by atoms with E-state index in [9.17, 15) is 0 Å². The zero-order chi connectivity index (χ0) is 14.5. The number of piperazine rings is 1. The van der Waals surface area contributed by atoms with Crippen molar-refractivity contribution in [3.8, 4) is 0 Å². The summed E-state index contributed by atoms with van der Waals surface area (Å²) in [4.78, 5) is 2.59. The maximum atomic E-state index is 3.65. The summed E-state index contributed by atoms with van der Waals surface area (Å²) in [6.07, 6.45) is 1.28. The van der Waals surface area contributed by atoms with Crippen LogP contribution in [0.15, 0.2) is 24.3 Å². The highest BCUT2D eigenvalue weighted by Crippen LogP contribution is 2.17. The van der Waals surface area contributed by atoms with Gasteiger partial charge in [0, 0.05) is 32.2 Å². The Morgan fingerprint density at radius 1 is 1.15 bits per heavy atom. The maximum absolute atomic E-state index is 3.65. The number of benzene rings is 1. The molecule has 2 nitrogen and oxygen atoms in total. The van der Waals surface area contributed by atoms with Gasteiger partial charge in [0.1, 0.15) is 0 Å². The molecule has 112 valence electrons. The van der Waals surface area contributed by atoms with Crippen molar-refractivity contribution < 1.29 is 0 Å². The molecule has 2 rings (SSSR count). The summed E-state index contributed by atoms with van der Waals surface area (Å²) >= 11 is 0. The average Bonchev–Trinajstić information content (AvgIpc) is 2.39. The smallest absolute Gasteiger partial charge is 0.0234 e. The van der Waals surface area contributed by atoms with Crippen LogP contribution >= 0.6 is 0 Å². The Kier molecular flexibility index (Phi) is 5.62. The first kappa shape index (κ1) is 15.5. The standard InChI is InChI=1S/C18H30N2/c1-14(2)11-18-13-20(10-9-19-18)12-16-5-7-17(8-6-16)15(3)4/h5-8,14-15,18-19H,9-13H2,1-4H3. The molecule has 2 heteroatoms. The molecule has 1 aromatic rings. The number of hydrogen-bond acceptors (Lipinski definition) is 2. The Hall–Kier alpha value is -0.860. The summed E-state index contributed by atoms with van der Waals surface area (Å²) in [6, 6.07) is 9.84. The molecular weight excluding hydrogens is 244 g/mol. The first-order valence-corrected chi connectivity index (χ1v) is 8.09. The normalized spacial score (nSPS) is 20.8. The molecule has 1 aliphatic heterocycles. The zero-order valence-corrected chi connectivity index (χ0v) is 13.5. The van der Waals surface area contributed by atoms with Gasteiger partial charge < -0.3 is 5.32 Å². The quantitative estimate of drug-likeness (QED) is 0.882. The minimum absolute atomic E-state index is 0.624. The summed E-state index contributed by atoms with van der Waals surface area (Å²) < 4.78 is 0.